The van der Waals surface area contributed by atoms with Gasteiger partial charge in [-0.3, -0.25) is 9.59 Å². The van der Waals surface area contributed by atoms with E-state index in [4.69, 9.17) is 5.11 Å². The lowest BCUT2D eigenvalue weighted by molar-refractivity contribution is -0.138. The van der Waals surface area contributed by atoms with E-state index in [0.29, 0.717) is 13.0 Å². The van der Waals surface area contributed by atoms with Crippen LogP contribution in [0.4, 0.5) is 0 Å². The number of carbonyl (C=O) groups is 2. The maximum absolute atomic E-state index is 12.1. The zero-order valence-corrected chi connectivity index (χ0v) is 11.2. The summed E-state index contributed by atoms with van der Waals surface area (Å²) in [6, 6.07) is 0. The number of hydrogen-bond acceptors (Lipinski definition) is 2. The van der Waals surface area contributed by atoms with Crippen molar-refractivity contribution >= 4 is 11.9 Å². The predicted octanol–water partition coefficient (Wildman–Crippen LogP) is 2.53. The third-order valence-electron chi connectivity index (χ3n) is 2.88. The number of hydrogen-bond donors (Lipinski definition) is 1. The molecule has 0 rings (SSSR count). The highest BCUT2D eigenvalue weighted by atomic mass is 16.4. The minimum atomic E-state index is -0.801. The Morgan fingerprint density at radius 3 is 2.12 bits per heavy atom. The van der Waals surface area contributed by atoms with Crippen LogP contribution in [0, 0.1) is 5.92 Å². The molecule has 0 aliphatic rings. The molecule has 0 aromatic carbocycles. The quantitative estimate of drug-likeness (QED) is 0.677. The molecule has 0 unspecified atom stereocenters. The van der Waals surface area contributed by atoms with E-state index < -0.39 is 5.97 Å². The first kappa shape index (κ1) is 15.9. The molecule has 0 aromatic heterocycles. The molecule has 0 bridgehead atoms. The van der Waals surface area contributed by atoms with Crippen molar-refractivity contribution in [1.29, 1.82) is 0 Å². The summed E-state index contributed by atoms with van der Waals surface area (Å²) in [5.41, 5.74) is 0. The monoisotopic (exact) mass is 243 g/mol. The van der Waals surface area contributed by atoms with E-state index in [-0.39, 0.29) is 18.2 Å². The molecule has 0 aliphatic heterocycles. The topological polar surface area (TPSA) is 57.6 Å². The summed E-state index contributed by atoms with van der Waals surface area (Å²) in [5, 5.41) is 8.54. The van der Waals surface area contributed by atoms with Crippen LogP contribution in [0.25, 0.3) is 0 Å². The summed E-state index contributed by atoms with van der Waals surface area (Å²) >= 11 is 0. The van der Waals surface area contributed by atoms with Gasteiger partial charge in [0.15, 0.2) is 0 Å². The van der Waals surface area contributed by atoms with Crippen molar-refractivity contribution in [3.63, 3.8) is 0 Å². The van der Waals surface area contributed by atoms with Gasteiger partial charge in [0, 0.05) is 25.9 Å². The number of nitrogens with zero attached hydrogens (tertiary/aromatic N) is 1. The largest absolute Gasteiger partial charge is 0.481 e. The fourth-order valence-electron chi connectivity index (χ4n) is 1.98. The minimum Gasteiger partial charge on any atom is -0.481 e. The van der Waals surface area contributed by atoms with Crippen LogP contribution in [0.2, 0.25) is 0 Å². The molecule has 0 aliphatic carbocycles. The first-order chi connectivity index (χ1) is 8.02. The molecule has 100 valence electrons. The van der Waals surface area contributed by atoms with Crippen molar-refractivity contribution in [2.24, 2.45) is 5.92 Å². The number of rotatable bonds is 9. The number of aliphatic carboxylic acids is 1. The SMILES string of the molecule is CCCC(CCC)C(=O)N(C)CCCC(=O)O. The third kappa shape index (κ3) is 6.97. The lowest BCUT2D eigenvalue weighted by Crippen LogP contribution is -2.33. The van der Waals surface area contributed by atoms with Gasteiger partial charge >= 0.3 is 5.97 Å². The van der Waals surface area contributed by atoms with E-state index in [1.807, 2.05) is 0 Å². The van der Waals surface area contributed by atoms with Crippen LogP contribution in [0.1, 0.15) is 52.4 Å². The predicted molar refractivity (Wildman–Crippen MR) is 67.8 cm³/mol. The van der Waals surface area contributed by atoms with Gasteiger partial charge in [-0.05, 0) is 19.3 Å². The Morgan fingerprint density at radius 1 is 1.18 bits per heavy atom. The van der Waals surface area contributed by atoms with Crippen LogP contribution >= 0.6 is 0 Å². The van der Waals surface area contributed by atoms with Crippen LogP contribution in [0.15, 0.2) is 0 Å². The van der Waals surface area contributed by atoms with Gasteiger partial charge in [0.1, 0.15) is 0 Å². The Hall–Kier alpha value is -1.06. The van der Waals surface area contributed by atoms with Crippen molar-refractivity contribution in [3.05, 3.63) is 0 Å². The number of carboxylic acids is 1. The normalized spacial score (nSPS) is 10.6. The molecule has 4 nitrogen and oxygen atoms in total. The molecule has 0 radical (unpaired) electrons. The lowest BCUT2D eigenvalue weighted by atomic mass is 9.97. The Balaban J connectivity index is 4.09. The average molecular weight is 243 g/mol. The van der Waals surface area contributed by atoms with Gasteiger partial charge < -0.3 is 10.0 Å². The van der Waals surface area contributed by atoms with Gasteiger partial charge in [-0.2, -0.15) is 0 Å². The molecule has 4 heteroatoms. The van der Waals surface area contributed by atoms with E-state index in [1.165, 1.54) is 0 Å². The first-order valence-corrected chi connectivity index (χ1v) is 6.49. The molecule has 0 spiro atoms. The second kappa shape index (κ2) is 9.02. The molecule has 0 heterocycles. The lowest BCUT2D eigenvalue weighted by Gasteiger charge is -2.23. The summed E-state index contributed by atoms with van der Waals surface area (Å²) in [6.07, 6.45) is 4.54. The van der Waals surface area contributed by atoms with Crippen LogP contribution < -0.4 is 0 Å². The zero-order chi connectivity index (χ0) is 13.3. The maximum atomic E-state index is 12.1. The Kier molecular flexibility index (Phi) is 8.46. The highest BCUT2D eigenvalue weighted by Crippen LogP contribution is 2.16. The fraction of sp³-hybridized carbons (Fsp3) is 0.846. The molecule has 0 atom stereocenters. The summed E-state index contributed by atoms with van der Waals surface area (Å²) in [7, 11) is 1.77. The molecular weight excluding hydrogens is 218 g/mol. The third-order valence-corrected chi connectivity index (χ3v) is 2.88. The maximum Gasteiger partial charge on any atom is 0.303 e. The van der Waals surface area contributed by atoms with Crippen molar-refractivity contribution in [2.75, 3.05) is 13.6 Å². The fourth-order valence-corrected chi connectivity index (χ4v) is 1.98. The molecule has 1 N–H and O–H groups in total. The number of carboxylic acid groups (broad SMARTS) is 1. The van der Waals surface area contributed by atoms with Crippen molar-refractivity contribution in [1.82, 2.24) is 4.90 Å². The zero-order valence-electron chi connectivity index (χ0n) is 11.2. The Bertz CT molecular complexity index is 235. The Morgan fingerprint density at radius 2 is 1.71 bits per heavy atom. The van der Waals surface area contributed by atoms with E-state index in [1.54, 1.807) is 11.9 Å². The molecule has 0 saturated carbocycles. The van der Waals surface area contributed by atoms with E-state index >= 15 is 0 Å². The van der Waals surface area contributed by atoms with Gasteiger partial charge in [-0.1, -0.05) is 26.7 Å². The van der Waals surface area contributed by atoms with Crippen molar-refractivity contribution in [3.8, 4) is 0 Å². The number of carbonyl (C=O) groups excluding carboxylic acids is 1. The highest BCUT2D eigenvalue weighted by molar-refractivity contribution is 5.78. The second-order valence-electron chi connectivity index (χ2n) is 4.53. The molecular formula is C13H25NO3. The molecule has 0 fully saturated rings. The van der Waals surface area contributed by atoms with Gasteiger partial charge in [-0.25, -0.2) is 0 Å². The Labute approximate surface area is 104 Å². The summed E-state index contributed by atoms with van der Waals surface area (Å²) in [5.74, 6) is -0.525. The second-order valence-corrected chi connectivity index (χ2v) is 4.53. The minimum absolute atomic E-state index is 0.111. The summed E-state index contributed by atoms with van der Waals surface area (Å²) < 4.78 is 0. The smallest absolute Gasteiger partial charge is 0.303 e. The van der Waals surface area contributed by atoms with Gasteiger partial charge in [0.05, 0.1) is 0 Å². The standard InChI is InChI=1S/C13H25NO3/c1-4-7-11(8-5-2)13(17)14(3)10-6-9-12(15)16/h11H,4-10H2,1-3H3,(H,15,16). The average Bonchev–Trinajstić information content (AvgIpc) is 2.27. The molecule has 17 heavy (non-hydrogen) atoms. The van der Waals surface area contributed by atoms with Crippen LogP contribution in [0.5, 0.6) is 0 Å². The van der Waals surface area contributed by atoms with Crippen LogP contribution in [-0.2, 0) is 9.59 Å². The van der Waals surface area contributed by atoms with Crippen molar-refractivity contribution < 1.29 is 14.7 Å². The summed E-state index contributed by atoms with van der Waals surface area (Å²) in [6.45, 7) is 4.70. The van der Waals surface area contributed by atoms with E-state index in [0.717, 1.165) is 25.7 Å². The molecule has 1 amide bonds. The van der Waals surface area contributed by atoms with Gasteiger partial charge in [0.25, 0.3) is 0 Å². The van der Waals surface area contributed by atoms with E-state index in [9.17, 15) is 9.59 Å². The van der Waals surface area contributed by atoms with Crippen LogP contribution in [0.3, 0.4) is 0 Å². The molecule has 0 saturated heterocycles. The van der Waals surface area contributed by atoms with Gasteiger partial charge in [0.2, 0.25) is 5.91 Å². The summed E-state index contributed by atoms with van der Waals surface area (Å²) in [4.78, 5) is 24.1. The van der Waals surface area contributed by atoms with E-state index in [2.05, 4.69) is 13.8 Å². The van der Waals surface area contributed by atoms with Gasteiger partial charge in [-0.15, -0.1) is 0 Å². The van der Waals surface area contributed by atoms with Crippen molar-refractivity contribution in [2.45, 2.75) is 52.4 Å². The van der Waals surface area contributed by atoms with Crippen LogP contribution in [-0.4, -0.2) is 35.5 Å². The highest BCUT2D eigenvalue weighted by Gasteiger charge is 2.20. The first-order valence-electron chi connectivity index (χ1n) is 6.49. The number of amides is 1. The molecule has 0 aromatic rings.